The molecule has 1 aromatic carbocycles. The number of rotatable bonds is 8. The number of ether oxygens (including phenoxy) is 1. The van der Waals surface area contributed by atoms with Crippen molar-refractivity contribution >= 4 is 11.8 Å². The van der Waals surface area contributed by atoms with E-state index < -0.39 is 6.04 Å². The molecule has 0 aliphatic rings. The Morgan fingerprint density at radius 2 is 1.95 bits per heavy atom. The van der Waals surface area contributed by atoms with E-state index in [1.54, 1.807) is 14.2 Å². The van der Waals surface area contributed by atoms with Crippen molar-refractivity contribution in [2.45, 2.75) is 19.4 Å². The van der Waals surface area contributed by atoms with E-state index in [2.05, 4.69) is 5.32 Å². The van der Waals surface area contributed by atoms with Crippen LogP contribution >= 0.6 is 0 Å². The zero-order chi connectivity index (χ0) is 16.5. The van der Waals surface area contributed by atoms with E-state index in [0.717, 1.165) is 17.5 Å². The van der Waals surface area contributed by atoms with Crippen molar-refractivity contribution in [1.29, 1.82) is 0 Å². The van der Waals surface area contributed by atoms with Crippen LogP contribution in [0.5, 0.6) is 0 Å². The molecular weight excluding hydrogens is 282 g/mol. The smallest absolute Gasteiger partial charge is 0.244 e. The number of hydrogen-bond acceptors (Lipinski definition) is 4. The number of methoxy groups -OCH3 is 1. The summed E-state index contributed by atoms with van der Waals surface area (Å²) in [5, 5.41) is 2.74. The van der Waals surface area contributed by atoms with Gasteiger partial charge in [0.1, 0.15) is 6.04 Å². The van der Waals surface area contributed by atoms with Crippen LogP contribution in [-0.4, -0.2) is 50.6 Å². The van der Waals surface area contributed by atoms with Gasteiger partial charge in [-0.25, -0.2) is 0 Å². The number of likely N-dealkylation sites (N-methyl/N-ethyl adjacent to an activating group) is 1. The molecule has 0 saturated heterocycles. The maximum atomic E-state index is 12.2. The van der Waals surface area contributed by atoms with Crippen molar-refractivity contribution in [1.82, 2.24) is 10.2 Å². The highest BCUT2D eigenvalue weighted by Gasteiger charge is 2.21. The molecule has 2 amide bonds. The van der Waals surface area contributed by atoms with Gasteiger partial charge in [0, 0.05) is 27.3 Å². The van der Waals surface area contributed by atoms with E-state index in [1.165, 1.54) is 4.90 Å². The van der Waals surface area contributed by atoms with Crippen LogP contribution in [0.4, 0.5) is 0 Å². The van der Waals surface area contributed by atoms with Gasteiger partial charge < -0.3 is 20.7 Å². The Kier molecular flexibility index (Phi) is 7.56. The zero-order valence-corrected chi connectivity index (χ0v) is 13.5. The number of nitrogens with one attached hydrogen (secondary N) is 1. The molecule has 0 radical (unpaired) electrons. The fraction of sp³-hybridized carbons (Fsp3) is 0.500. The van der Waals surface area contributed by atoms with Gasteiger partial charge in [0.25, 0.3) is 0 Å². The lowest BCUT2D eigenvalue weighted by molar-refractivity contribution is -0.135. The molecule has 0 heterocycles. The van der Waals surface area contributed by atoms with Gasteiger partial charge in [-0.3, -0.25) is 9.59 Å². The molecule has 1 atom stereocenters. The van der Waals surface area contributed by atoms with Crippen molar-refractivity contribution in [3.05, 3.63) is 35.4 Å². The van der Waals surface area contributed by atoms with Crippen LogP contribution in [0.15, 0.2) is 24.3 Å². The SMILES string of the molecule is COCCCNC(=O)CN(C)C(=O)C(N)c1ccc(C)cc1. The Bertz CT molecular complexity index is 488. The minimum atomic E-state index is -0.758. The third-order valence-electron chi connectivity index (χ3n) is 3.31. The van der Waals surface area contributed by atoms with Gasteiger partial charge in [-0.1, -0.05) is 29.8 Å². The topological polar surface area (TPSA) is 84.7 Å². The zero-order valence-electron chi connectivity index (χ0n) is 13.5. The average Bonchev–Trinajstić information content (AvgIpc) is 2.50. The molecule has 0 bridgehead atoms. The molecule has 22 heavy (non-hydrogen) atoms. The molecule has 6 nitrogen and oxygen atoms in total. The van der Waals surface area contributed by atoms with Crippen molar-refractivity contribution in [2.24, 2.45) is 5.73 Å². The lowest BCUT2D eigenvalue weighted by atomic mass is 10.0. The quantitative estimate of drug-likeness (QED) is 0.689. The van der Waals surface area contributed by atoms with Crippen LogP contribution in [0.3, 0.4) is 0 Å². The predicted molar refractivity (Wildman–Crippen MR) is 85.2 cm³/mol. The minimum absolute atomic E-state index is 0.00855. The van der Waals surface area contributed by atoms with Crippen molar-refractivity contribution in [2.75, 3.05) is 33.9 Å². The summed E-state index contributed by atoms with van der Waals surface area (Å²) in [6.45, 7) is 3.08. The van der Waals surface area contributed by atoms with Gasteiger partial charge in [-0.05, 0) is 18.9 Å². The minimum Gasteiger partial charge on any atom is -0.385 e. The number of carbonyl (C=O) groups is 2. The number of aryl methyl sites for hydroxylation is 1. The molecule has 0 aliphatic heterocycles. The second-order valence-electron chi connectivity index (χ2n) is 5.28. The normalized spacial score (nSPS) is 11.8. The van der Waals surface area contributed by atoms with Gasteiger partial charge >= 0.3 is 0 Å². The standard InChI is InChI=1S/C16H25N3O3/c1-12-5-7-13(8-6-12)15(17)16(21)19(2)11-14(20)18-9-4-10-22-3/h5-8,15H,4,9-11,17H2,1-3H3,(H,18,20). The summed E-state index contributed by atoms with van der Waals surface area (Å²) in [6.07, 6.45) is 0.739. The highest BCUT2D eigenvalue weighted by atomic mass is 16.5. The first-order valence-corrected chi connectivity index (χ1v) is 7.28. The molecule has 1 rings (SSSR count). The molecule has 0 aliphatic carbocycles. The number of carbonyl (C=O) groups excluding carboxylic acids is 2. The molecule has 0 aromatic heterocycles. The summed E-state index contributed by atoms with van der Waals surface area (Å²) in [6, 6.07) is 6.72. The van der Waals surface area contributed by atoms with Gasteiger partial charge in [0.05, 0.1) is 6.54 Å². The first kappa shape index (κ1) is 18.1. The van der Waals surface area contributed by atoms with Crippen LogP contribution in [0.1, 0.15) is 23.6 Å². The van der Waals surface area contributed by atoms with Gasteiger partial charge in [-0.15, -0.1) is 0 Å². The van der Waals surface area contributed by atoms with Crippen LogP contribution in [-0.2, 0) is 14.3 Å². The van der Waals surface area contributed by atoms with E-state index in [4.69, 9.17) is 10.5 Å². The number of hydrogen-bond donors (Lipinski definition) is 2. The van der Waals surface area contributed by atoms with Crippen LogP contribution in [0.2, 0.25) is 0 Å². The van der Waals surface area contributed by atoms with E-state index >= 15 is 0 Å². The highest BCUT2D eigenvalue weighted by Crippen LogP contribution is 2.13. The summed E-state index contributed by atoms with van der Waals surface area (Å²) < 4.78 is 4.90. The fourth-order valence-corrected chi connectivity index (χ4v) is 1.95. The third-order valence-corrected chi connectivity index (χ3v) is 3.31. The molecule has 122 valence electrons. The maximum Gasteiger partial charge on any atom is 0.244 e. The molecular formula is C16H25N3O3. The third kappa shape index (κ3) is 5.83. The van der Waals surface area contributed by atoms with Crippen molar-refractivity contribution < 1.29 is 14.3 Å². The molecule has 0 spiro atoms. The Morgan fingerprint density at radius 3 is 2.55 bits per heavy atom. The predicted octanol–water partition coefficient (Wildman–Crippen LogP) is 0.606. The Labute approximate surface area is 131 Å². The summed E-state index contributed by atoms with van der Waals surface area (Å²) >= 11 is 0. The van der Waals surface area contributed by atoms with E-state index in [-0.39, 0.29) is 18.4 Å². The fourth-order valence-electron chi connectivity index (χ4n) is 1.95. The van der Waals surface area contributed by atoms with E-state index in [9.17, 15) is 9.59 Å². The highest BCUT2D eigenvalue weighted by molar-refractivity contribution is 5.87. The number of benzene rings is 1. The molecule has 0 fully saturated rings. The number of nitrogens with zero attached hydrogens (tertiary/aromatic N) is 1. The van der Waals surface area contributed by atoms with Crippen molar-refractivity contribution in [3.63, 3.8) is 0 Å². The second-order valence-corrected chi connectivity index (χ2v) is 5.28. The summed E-state index contributed by atoms with van der Waals surface area (Å²) in [4.78, 5) is 25.3. The lowest BCUT2D eigenvalue weighted by Crippen LogP contribution is -2.42. The van der Waals surface area contributed by atoms with Crippen molar-refractivity contribution in [3.8, 4) is 0 Å². The second kappa shape index (κ2) is 9.17. The maximum absolute atomic E-state index is 12.2. The van der Waals surface area contributed by atoms with E-state index in [0.29, 0.717) is 13.2 Å². The first-order chi connectivity index (χ1) is 10.5. The molecule has 6 heteroatoms. The summed E-state index contributed by atoms with van der Waals surface area (Å²) in [5.74, 6) is -0.487. The lowest BCUT2D eigenvalue weighted by Gasteiger charge is -2.21. The number of nitrogens with two attached hydrogens (primary N) is 1. The van der Waals surface area contributed by atoms with E-state index in [1.807, 2.05) is 31.2 Å². The number of amides is 2. The Hall–Kier alpha value is -1.92. The van der Waals surface area contributed by atoms with Gasteiger partial charge in [0.15, 0.2) is 0 Å². The molecule has 3 N–H and O–H groups in total. The van der Waals surface area contributed by atoms with Gasteiger partial charge in [-0.2, -0.15) is 0 Å². The molecule has 1 unspecified atom stereocenters. The summed E-state index contributed by atoms with van der Waals surface area (Å²) in [7, 11) is 3.19. The molecule has 0 saturated carbocycles. The van der Waals surface area contributed by atoms with Crippen LogP contribution in [0, 0.1) is 6.92 Å². The Balaban J connectivity index is 2.46. The van der Waals surface area contributed by atoms with Gasteiger partial charge in [0.2, 0.25) is 11.8 Å². The largest absolute Gasteiger partial charge is 0.385 e. The van der Waals surface area contributed by atoms with Crippen LogP contribution in [0.25, 0.3) is 0 Å². The monoisotopic (exact) mass is 307 g/mol. The first-order valence-electron chi connectivity index (χ1n) is 7.28. The summed E-state index contributed by atoms with van der Waals surface area (Å²) in [5.41, 5.74) is 7.81. The molecule has 1 aromatic rings. The average molecular weight is 307 g/mol. The Morgan fingerprint density at radius 1 is 1.32 bits per heavy atom. The van der Waals surface area contributed by atoms with Crippen LogP contribution < -0.4 is 11.1 Å².